The summed E-state index contributed by atoms with van der Waals surface area (Å²) in [4.78, 5) is 42.2. The number of rotatable bonds is 13. The molecule has 0 unspecified atom stereocenters. The van der Waals surface area contributed by atoms with Crippen molar-refractivity contribution in [3.63, 3.8) is 0 Å². The predicted molar refractivity (Wildman–Crippen MR) is 94.4 cm³/mol. The molecule has 0 saturated heterocycles. The van der Waals surface area contributed by atoms with Crippen molar-refractivity contribution in [2.45, 2.75) is 64.3 Å². The number of aromatic nitrogens is 2. The van der Waals surface area contributed by atoms with Crippen LogP contribution >= 0.6 is 0 Å². The Balaban J connectivity index is 2.36. The number of primary amides is 1. The van der Waals surface area contributed by atoms with Crippen molar-refractivity contribution in [1.82, 2.24) is 20.6 Å². The van der Waals surface area contributed by atoms with Crippen LogP contribution in [0, 0.1) is 0 Å². The highest BCUT2D eigenvalue weighted by Crippen LogP contribution is 2.05. The number of amides is 3. The molecule has 140 valence electrons. The third-order valence-corrected chi connectivity index (χ3v) is 3.80. The van der Waals surface area contributed by atoms with E-state index in [0.717, 1.165) is 37.8 Å². The van der Waals surface area contributed by atoms with Gasteiger partial charge in [-0.25, -0.2) is 4.98 Å². The van der Waals surface area contributed by atoms with Crippen molar-refractivity contribution >= 4 is 17.7 Å². The van der Waals surface area contributed by atoms with Crippen LogP contribution < -0.4 is 16.4 Å². The zero-order valence-corrected chi connectivity index (χ0v) is 14.8. The fourth-order valence-electron chi connectivity index (χ4n) is 2.43. The van der Waals surface area contributed by atoms with Gasteiger partial charge in [-0.2, -0.15) is 0 Å². The average Bonchev–Trinajstić information content (AvgIpc) is 3.07. The molecule has 0 aliphatic heterocycles. The van der Waals surface area contributed by atoms with Gasteiger partial charge in [0, 0.05) is 25.6 Å². The largest absolute Gasteiger partial charge is 0.370 e. The molecule has 1 atom stereocenters. The first-order chi connectivity index (χ1) is 12.0. The minimum absolute atomic E-state index is 0.212. The van der Waals surface area contributed by atoms with Gasteiger partial charge in [0.25, 0.3) is 0 Å². The molecule has 5 N–H and O–H groups in total. The normalized spacial score (nSPS) is 11.7. The number of hydrogen-bond acceptors (Lipinski definition) is 4. The number of nitrogens with two attached hydrogens (primary N) is 1. The van der Waals surface area contributed by atoms with Gasteiger partial charge in [0.1, 0.15) is 6.04 Å². The summed E-state index contributed by atoms with van der Waals surface area (Å²) in [6.45, 7) is 2.50. The van der Waals surface area contributed by atoms with E-state index in [1.807, 2.05) is 0 Å². The van der Waals surface area contributed by atoms with Gasteiger partial charge in [0.15, 0.2) is 0 Å². The zero-order chi connectivity index (χ0) is 18.5. The van der Waals surface area contributed by atoms with Gasteiger partial charge in [-0.05, 0) is 6.42 Å². The molecule has 25 heavy (non-hydrogen) atoms. The number of imidazole rings is 1. The standard InChI is InChI=1S/C17H29N5O3/c1-2-3-4-5-6-7-16(24)22-14(10-15(18)23)17(25)20-9-8-13-11-19-12-21-13/h11-12,14H,2-10H2,1H3,(H2,18,23)(H,19,21)(H,20,25)(H,22,24)/t14-/m1/s1. The van der Waals surface area contributed by atoms with Gasteiger partial charge in [-0.1, -0.05) is 32.6 Å². The molecule has 1 aromatic rings. The maximum absolute atomic E-state index is 12.2. The maximum Gasteiger partial charge on any atom is 0.243 e. The predicted octanol–water partition coefficient (Wildman–Crippen LogP) is 0.789. The summed E-state index contributed by atoms with van der Waals surface area (Å²) in [5.74, 6) is -1.27. The highest BCUT2D eigenvalue weighted by molar-refractivity contribution is 5.91. The first-order valence-corrected chi connectivity index (χ1v) is 8.86. The Bertz CT molecular complexity index is 530. The highest BCUT2D eigenvalue weighted by atomic mass is 16.2. The summed E-state index contributed by atoms with van der Waals surface area (Å²) < 4.78 is 0. The van der Waals surface area contributed by atoms with Crippen LogP contribution in [0.1, 0.15) is 57.6 Å². The van der Waals surface area contributed by atoms with Gasteiger partial charge < -0.3 is 21.4 Å². The van der Waals surface area contributed by atoms with Crippen molar-refractivity contribution in [2.24, 2.45) is 5.73 Å². The van der Waals surface area contributed by atoms with Crippen LogP contribution in [-0.2, 0) is 20.8 Å². The van der Waals surface area contributed by atoms with Gasteiger partial charge in [-0.3, -0.25) is 14.4 Å². The summed E-state index contributed by atoms with van der Waals surface area (Å²) in [7, 11) is 0. The van der Waals surface area contributed by atoms with E-state index in [2.05, 4.69) is 27.5 Å². The van der Waals surface area contributed by atoms with Gasteiger partial charge in [0.2, 0.25) is 17.7 Å². The lowest BCUT2D eigenvalue weighted by molar-refractivity contribution is -0.131. The van der Waals surface area contributed by atoms with Crippen LogP contribution in [-0.4, -0.2) is 40.3 Å². The molecule has 0 aromatic carbocycles. The topological polar surface area (TPSA) is 130 Å². The summed E-state index contributed by atoms with van der Waals surface area (Å²) in [5, 5.41) is 5.31. The molecule has 3 amide bonds. The Morgan fingerprint density at radius 3 is 2.64 bits per heavy atom. The molecule has 0 aliphatic rings. The lowest BCUT2D eigenvalue weighted by Gasteiger charge is -2.17. The van der Waals surface area contributed by atoms with E-state index in [9.17, 15) is 14.4 Å². The Morgan fingerprint density at radius 2 is 2.00 bits per heavy atom. The van der Waals surface area contributed by atoms with Crippen LogP contribution in [0.2, 0.25) is 0 Å². The molecule has 0 aliphatic carbocycles. The smallest absolute Gasteiger partial charge is 0.243 e. The second-order valence-electron chi connectivity index (χ2n) is 6.06. The average molecular weight is 351 g/mol. The fraction of sp³-hybridized carbons (Fsp3) is 0.647. The number of carbonyl (C=O) groups excluding carboxylic acids is 3. The Kier molecular flexibility index (Phi) is 9.96. The van der Waals surface area contributed by atoms with Crippen molar-refractivity contribution in [1.29, 1.82) is 0 Å². The minimum Gasteiger partial charge on any atom is -0.370 e. The Morgan fingerprint density at radius 1 is 1.24 bits per heavy atom. The summed E-state index contributed by atoms with van der Waals surface area (Å²) in [6, 6.07) is -0.931. The molecular formula is C17H29N5O3. The van der Waals surface area contributed by atoms with E-state index >= 15 is 0 Å². The third kappa shape index (κ3) is 9.49. The molecule has 1 heterocycles. The van der Waals surface area contributed by atoms with E-state index in [1.165, 1.54) is 0 Å². The summed E-state index contributed by atoms with van der Waals surface area (Å²) in [5.41, 5.74) is 6.01. The number of carbonyl (C=O) groups is 3. The Labute approximate surface area is 148 Å². The number of aromatic amines is 1. The van der Waals surface area contributed by atoms with Gasteiger partial charge in [-0.15, -0.1) is 0 Å². The molecule has 8 heteroatoms. The van der Waals surface area contributed by atoms with Gasteiger partial charge >= 0.3 is 0 Å². The highest BCUT2D eigenvalue weighted by Gasteiger charge is 2.22. The van der Waals surface area contributed by atoms with Crippen LogP contribution in [0.15, 0.2) is 12.5 Å². The van der Waals surface area contributed by atoms with Crippen LogP contribution in [0.25, 0.3) is 0 Å². The van der Waals surface area contributed by atoms with E-state index in [-0.39, 0.29) is 12.3 Å². The lowest BCUT2D eigenvalue weighted by Crippen LogP contribution is -2.49. The van der Waals surface area contributed by atoms with Crippen molar-refractivity contribution in [2.75, 3.05) is 6.54 Å². The van der Waals surface area contributed by atoms with Crippen molar-refractivity contribution < 1.29 is 14.4 Å². The summed E-state index contributed by atoms with van der Waals surface area (Å²) in [6.07, 6.45) is 9.16. The third-order valence-electron chi connectivity index (χ3n) is 3.80. The molecule has 1 aromatic heterocycles. The molecule has 8 nitrogen and oxygen atoms in total. The van der Waals surface area contributed by atoms with Crippen molar-refractivity contribution in [3.05, 3.63) is 18.2 Å². The number of nitrogens with one attached hydrogen (secondary N) is 3. The quantitative estimate of drug-likeness (QED) is 0.391. The SMILES string of the molecule is CCCCCCCC(=O)N[C@H](CC(N)=O)C(=O)NCCc1c[nH]cn1. The monoisotopic (exact) mass is 351 g/mol. The maximum atomic E-state index is 12.2. The van der Waals surface area contributed by atoms with Crippen LogP contribution in [0.3, 0.4) is 0 Å². The summed E-state index contributed by atoms with van der Waals surface area (Å²) >= 11 is 0. The van der Waals surface area contributed by atoms with E-state index in [4.69, 9.17) is 5.73 Å². The van der Waals surface area contributed by atoms with Crippen LogP contribution in [0.4, 0.5) is 0 Å². The van der Waals surface area contributed by atoms with E-state index < -0.39 is 17.9 Å². The van der Waals surface area contributed by atoms with Crippen LogP contribution in [0.5, 0.6) is 0 Å². The Hall–Kier alpha value is -2.38. The molecule has 0 radical (unpaired) electrons. The molecular weight excluding hydrogens is 322 g/mol. The number of unbranched alkanes of at least 4 members (excludes halogenated alkanes) is 4. The van der Waals surface area contributed by atoms with Gasteiger partial charge in [0.05, 0.1) is 18.4 Å². The number of nitrogens with zero attached hydrogens (tertiary/aromatic N) is 1. The zero-order valence-electron chi connectivity index (χ0n) is 14.8. The molecule has 0 spiro atoms. The lowest BCUT2D eigenvalue weighted by atomic mass is 10.1. The second kappa shape index (κ2) is 12.0. The molecule has 0 saturated carbocycles. The first kappa shape index (κ1) is 20.7. The fourth-order valence-corrected chi connectivity index (χ4v) is 2.43. The number of hydrogen-bond donors (Lipinski definition) is 4. The second-order valence-corrected chi connectivity index (χ2v) is 6.06. The molecule has 0 fully saturated rings. The first-order valence-electron chi connectivity index (χ1n) is 8.86. The van der Waals surface area contributed by atoms with Crippen molar-refractivity contribution in [3.8, 4) is 0 Å². The molecule has 1 rings (SSSR count). The van der Waals surface area contributed by atoms with E-state index in [1.54, 1.807) is 12.5 Å². The minimum atomic E-state index is -0.931. The number of H-pyrrole nitrogens is 1. The molecule has 0 bridgehead atoms. The van der Waals surface area contributed by atoms with E-state index in [0.29, 0.717) is 19.4 Å².